The molecule has 1 saturated heterocycles. The van der Waals surface area contributed by atoms with Gasteiger partial charge in [0.25, 0.3) is 0 Å². The van der Waals surface area contributed by atoms with Gasteiger partial charge in [-0.15, -0.1) is 0 Å². The summed E-state index contributed by atoms with van der Waals surface area (Å²) in [5.74, 6) is 1.30. The highest BCUT2D eigenvalue weighted by molar-refractivity contribution is 5.75. The number of rotatable bonds is 5. The Kier molecular flexibility index (Phi) is 5.21. The van der Waals surface area contributed by atoms with E-state index in [1.54, 1.807) is 11.1 Å². The summed E-state index contributed by atoms with van der Waals surface area (Å²) >= 11 is 0. The van der Waals surface area contributed by atoms with Crippen molar-refractivity contribution in [2.24, 2.45) is 0 Å². The molecule has 0 aromatic carbocycles. The molecule has 1 aliphatic rings. The predicted octanol–water partition coefficient (Wildman–Crippen LogP) is 3.21. The van der Waals surface area contributed by atoms with Gasteiger partial charge in [-0.05, 0) is 39.7 Å². The number of hydrogen-bond donors (Lipinski definition) is 1. The monoisotopic (exact) mass is 344 g/mol. The number of nitrogens with zero attached hydrogens (tertiary/aromatic N) is 3. The maximum Gasteiger partial charge on any atom is 0.318 e. The minimum Gasteiger partial charge on any atom is -0.475 e. The normalized spacial score (nSPS) is 17.1. The first-order valence-corrected chi connectivity index (χ1v) is 8.63. The van der Waals surface area contributed by atoms with E-state index in [9.17, 15) is 4.79 Å². The molecule has 25 heavy (non-hydrogen) atoms. The molecule has 2 aromatic rings. The van der Waals surface area contributed by atoms with Gasteiger partial charge in [-0.3, -0.25) is 0 Å². The number of hydrogen-bond acceptors (Lipinski definition) is 5. The smallest absolute Gasteiger partial charge is 0.318 e. The number of aromatic nitrogens is 2. The van der Waals surface area contributed by atoms with Crippen molar-refractivity contribution in [3.05, 3.63) is 41.4 Å². The van der Waals surface area contributed by atoms with E-state index in [0.29, 0.717) is 19.0 Å². The second kappa shape index (κ2) is 7.55. The Hall–Kier alpha value is -2.57. The lowest BCUT2D eigenvalue weighted by Gasteiger charge is -2.23. The van der Waals surface area contributed by atoms with Crippen molar-refractivity contribution in [1.29, 1.82) is 0 Å². The minimum absolute atomic E-state index is 0.0296. The Bertz CT molecular complexity index is 729. The van der Waals surface area contributed by atoms with Crippen LogP contribution in [0.1, 0.15) is 49.7 Å². The number of carbonyl (C=O) groups excluding carboxylic acids is 1. The zero-order chi connectivity index (χ0) is 17.8. The number of ether oxygens (including phenoxy) is 1. The summed E-state index contributed by atoms with van der Waals surface area (Å²) in [7, 11) is 0. The zero-order valence-corrected chi connectivity index (χ0v) is 14.9. The van der Waals surface area contributed by atoms with Gasteiger partial charge in [0.2, 0.25) is 5.88 Å². The number of urea groups is 1. The first-order valence-electron chi connectivity index (χ1n) is 8.63. The van der Waals surface area contributed by atoms with Gasteiger partial charge in [0.15, 0.2) is 5.76 Å². The molecule has 7 heteroatoms. The fourth-order valence-corrected chi connectivity index (χ4v) is 3.01. The number of likely N-dealkylation sites (tertiary alicyclic amines) is 1. The summed E-state index contributed by atoms with van der Waals surface area (Å²) < 4.78 is 11.0. The fourth-order valence-electron chi connectivity index (χ4n) is 3.01. The zero-order valence-electron chi connectivity index (χ0n) is 14.9. The Morgan fingerprint density at radius 3 is 3.08 bits per heavy atom. The molecule has 0 aliphatic carbocycles. The molecule has 134 valence electrons. The molecule has 1 atom stereocenters. The van der Waals surface area contributed by atoms with Crippen LogP contribution in [0.15, 0.2) is 28.9 Å². The Morgan fingerprint density at radius 1 is 1.52 bits per heavy atom. The first kappa shape index (κ1) is 17.3. The van der Waals surface area contributed by atoms with Crippen LogP contribution in [0.5, 0.6) is 5.88 Å². The number of carbonyl (C=O) groups is 1. The predicted molar refractivity (Wildman–Crippen MR) is 92.2 cm³/mol. The summed E-state index contributed by atoms with van der Waals surface area (Å²) in [4.78, 5) is 18.7. The molecular weight excluding hydrogens is 320 g/mol. The number of aryl methyl sites for hydroxylation is 1. The maximum absolute atomic E-state index is 12.6. The van der Waals surface area contributed by atoms with Crippen LogP contribution in [-0.2, 0) is 6.54 Å². The maximum atomic E-state index is 12.6. The summed E-state index contributed by atoms with van der Waals surface area (Å²) in [6.07, 6.45) is 3.55. The molecule has 0 bridgehead atoms. The average Bonchev–Trinajstić information content (AvgIpc) is 3.21. The van der Waals surface area contributed by atoms with Crippen molar-refractivity contribution < 1.29 is 14.1 Å². The van der Waals surface area contributed by atoms with E-state index in [4.69, 9.17) is 9.26 Å². The SMILES string of the molecule is Cc1cc([C@H]2CCCN2C(=O)NCc2cccnc2OC(C)C)on1. The van der Waals surface area contributed by atoms with E-state index in [0.717, 1.165) is 29.9 Å². The van der Waals surface area contributed by atoms with Gasteiger partial charge in [-0.25, -0.2) is 9.78 Å². The van der Waals surface area contributed by atoms with E-state index < -0.39 is 0 Å². The molecule has 1 fully saturated rings. The standard InChI is InChI=1S/C18H24N4O3/c1-12(2)24-17-14(6-4-8-19-17)11-20-18(23)22-9-5-7-15(22)16-10-13(3)21-25-16/h4,6,8,10,12,15H,5,7,9,11H2,1-3H3,(H,20,23)/t15-/m1/s1. The fraction of sp³-hybridized carbons (Fsp3) is 0.500. The highest BCUT2D eigenvalue weighted by Crippen LogP contribution is 2.32. The lowest BCUT2D eigenvalue weighted by Crippen LogP contribution is -2.39. The van der Waals surface area contributed by atoms with Gasteiger partial charge in [0.1, 0.15) is 0 Å². The van der Waals surface area contributed by atoms with Crippen LogP contribution in [0, 0.1) is 6.92 Å². The third kappa shape index (κ3) is 4.10. The molecule has 7 nitrogen and oxygen atoms in total. The lowest BCUT2D eigenvalue weighted by molar-refractivity contribution is 0.181. The molecule has 1 aliphatic heterocycles. The molecular formula is C18H24N4O3. The highest BCUT2D eigenvalue weighted by Gasteiger charge is 2.32. The summed E-state index contributed by atoms with van der Waals surface area (Å²) in [5.41, 5.74) is 1.68. The van der Waals surface area contributed by atoms with E-state index in [1.165, 1.54) is 0 Å². The third-order valence-corrected chi connectivity index (χ3v) is 4.12. The first-order chi connectivity index (χ1) is 12.0. The number of nitrogens with one attached hydrogen (secondary N) is 1. The summed E-state index contributed by atoms with van der Waals surface area (Å²) in [5, 5.41) is 6.90. The molecule has 2 aromatic heterocycles. The third-order valence-electron chi connectivity index (χ3n) is 4.12. The van der Waals surface area contributed by atoms with Crippen molar-refractivity contribution >= 4 is 6.03 Å². The van der Waals surface area contributed by atoms with Gasteiger partial charge in [0.05, 0.1) is 17.8 Å². The lowest BCUT2D eigenvalue weighted by atomic mass is 10.1. The Balaban J connectivity index is 1.64. The van der Waals surface area contributed by atoms with Crippen LogP contribution in [-0.4, -0.2) is 33.7 Å². The van der Waals surface area contributed by atoms with Gasteiger partial charge in [-0.2, -0.15) is 0 Å². The molecule has 3 rings (SSSR count). The van der Waals surface area contributed by atoms with Crippen LogP contribution in [0.25, 0.3) is 0 Å². The summed E-state index contributed by atoms with van der Waals surface area (Å²) in [6, 6.07) is 5.47. The van der Waals surface area contributed by atoms with Crippen molar-refractivity contribution in [1.82, 2.24) is 20.4 Å². The molecule has 0 saturated carbocycles. The van der Waals surface area contributed by atoms with Gasteiger partial charge >= 0.3 is 6.03 Å². The van der Waals surface area contributed by atoms with Crippen LogP contribution in [0.2, 0.25) is 0 Å². The van der Waals surface area contributed by atoms with Crippen LogP contribution in [0.3, 0.4) is 0 Å². The highest BCUT2D eigenvalue weighted by atomic mass is 16.5. The van der Waals surface area contributed by atoms with Crippen molar-refractivity contribution in [2.45, 2.75) is 52.3 Å². The second-order valence-electron chi connectivity index (χ2n) is 6.52. The van der Waals surface area contributed by atoms with Gasteiger partial charge in [-0.1, -0.05) is 11.2 Å². The average molecular weight is 344 g/mol. The van der Waals surface area contributed by atoms with Crippen LogP contribution >= 0.6 is 0 Å². The topological polar surface area (TPSA) is 80.5 Å². The van der Waals surface area contributed by atoms with Crippen molar-refractivity contribution in [3.8, 4) is 5.88 Å². The number of amides is 2. The second-order valence-corrected chi connectivity index (χ2v) is 6.52. The molecule has 1 N–H and O–H groups in total. The largest absolute Gasteiger partial charge is 0.475 e. The van der Waals surface area contributed by atoms with Gasteiger partial charge in [0, 0.05) is 30.9 Å². The summed E-state index contributed by atoms with van der Waals surface area (Å²) in [6.45, 7) is 6.85. The Morgan fingerprint density at radius 2 is 2.36 bits per heavy atom. The van der Waals surface area contributed by atoms with Crippen molar-refractivity contribution in [3.63, 3.8) is 0 Å². The molecule has 0 radical (unpaired) electrons. The van der Waals surface area contributed by atoms with E-state index in [2.05, 4.69) is 15.5 Å². The molecule has 0 unspecified atom stereocenters. The quantitative estimate of drug-likeness (QED) is 0.901. The molecule has 3 heterocycles. The molecule has 0 spiro atoms. The van der Waals surface area contributed by atoms with E-state index >= 15 is 0 Å². The Labute approximate surface area is 147 Å². The van der Waals surface area contributed by atoms with E-state index in [-0.39, 0.29) is 18.2 Å². The van der Waals surface area contributed by atoms with E-state index in [1.807, 2.05) is 39.0 Å². The van der Waals surface area contributed by atoms with Crippen LogP contribution < -0.4 is 10.1 Å². The van der Waals surface area contributed by atoms with Crippen LogP contribution in [0.4, 0.5) is 4.79 Å². The number of pyridine rings is 1. The molecule has 2 amide bonds. The van der Waals surface area contributed by atoms with Gasteiger partial charge < -0.3 is 19.5 Å². The van der Waals surface area contributed by atoms with Crippen molar-refractivity contribution in [2.75, 3.05) is 6.54 Å². The minimum atomic E-state index is -0.115.